The molecule has 2 aromatic heterocycles. The number of alkyl halides is 2. The molecule has 0 aliphatic carbocycles. The number of hydrogen-bond acceptors (Lipinski definition) is 2. The summed E-state index contributed by atoms with van der Waals surface area (Å²) < 4.78 is 24.7. The Bertz CT molecular complexity index is 440. The maximum Gasteiger partial charge on any atom is 0.282 e. The van der Waals surface area contributed by atoms with Crippen molar-refractivity contribution in [1.82, 2.24) is 15.2 Å². The number of aromatic nitrogens is 3. The molecule has 0 spiro atoms. The van der Waals surface area contributed by atoms with Crippen LogP contribution >= 0.6 is 11.6 Å². The first-order valence-corrected chi connectivity index (χ1v) is 3.84. The second kappa shape index (κ2) is 2.92. The molecule has 0 amide bonds. The van der Waals surface area contributed by atoms with E-state index in [2.05, 4.69) is 15.2 Å². The lowest BCUT2D eigenvalue weighted by atomic mass is 10.2. The molecular weight excluding hydrogens is 200 g/mol. The van der Waals surface area contributed by atoms with Crippen LogP contribution in [0, 0.1) is 0 Å². The van der Waals surface area contributed by atoms with Crippen LogP contribution in [0.1, 0.15) is 12.1 Å². The van der Waals surface area contributed by atoms with Gasteiger partial charge in [-0.05, 0) is 6.07 Å². The molecule has 0 unspecified atom stereocenters. The SMILES string of the molecule is FC(F)c1n[nH]c2ccnc(Cl)c12. The number of H-pyrrole nitrogens is 1. The normalized spacial score (nSPS) is 11.4. The van der Waals surface area contributed by atoms with Crippen molar-refractivity contribution >= 4 is 22.5 Å². The van der Waals surface area contributed by atoms with Gasteiger partial charge in [-0.15, -0.1) is 0 Å². The molecule has 0 atom stereocenters. The third kappa shape index (κ3) is 1.25. The number of halogens is 3. The van der Waals surface area contributed by atoms with E-state index in [4.69, 9.17) is 11.6 Å². The van der Waals surface area contributed by atoms with Gasteiger partial charge in [-0.1, -0.05) is 11.6 Å². The summed E-state index contributed by atoms with van der Waals surface area (Å²) in [5, 5.41) is 6.15. The number of aromatic amines is 1. The van der Waals surface area contributed by atoms with E-state index < -0.39 is 6.43 Å². The third-order valence-electron chi connectivity index (χ3n) is 1.66. The smallest absolute Gasteiger partial charge is 0.277 e. The highest BCUT2D eigenvalue weighted by Crippen LogP contribution is 2.29. The summed E-state index contributed by atoms with van der Waals surface area (Å²) in [6, 6.07) is 1.54. The molecule has 0 aliphatic rings. The second-order valence-electron chi connectivity index (χ2n) is 2.43. The van der Waals surface area contributed by atoms with Gasteiger partial charge in [-0.2, -0.15) is 5.10 Å². The maximum atomic E-state index is 12.3. The van der Waals surface area contributed by atoms with Gasteiger partial charge < -0.3 is 0 Å². The van der Waals surface area contributed by atoms with Gasteiger partial charge in [0.05, 0.1) is 10.9 Å². The largest absolute Gasteiger partial charge is 0.282 e. The Hall–Kier alpha value is -1.23. The van der Waals surface area contributed by atoms with Crippen molar-refractivity contribution in [3.05, 3.63) is 23.1 Å². The highest BCUT2D eigenvalue weighted by Gasteiger charge is 2.17. The van der Waals surface area contributed by atoms with Gasteiger partial charge in [0.25, 0.3) is 6.43 Å². The predicted molar refractivity (Wildman–Crippen MR) is 43.9 cm³/mol. The topological polar surface area (TPSA) is 41.6 Å². The van der Waals surface area contributed by atoms with Crippen LogP contribution in [0.3, 0.4) is 0 Å². The molecule has 0 saturated carbocycles. The van der Waals surface area contributed by atoms with Crippen LogP contribution in [0.5, 0.6) is 0 Å². The molecule has 2 aromatic rings. The van der Waals surface area contributed by atoms with Crippen molar-refractivity contribution in [2.75, 3.05) is 0 Å². The van der Waals surface area contributed by atoms with Gasteiger partial charge in [-0.25, -0.2) is 13.8 Å². The first-order chi connectivity index (χ1) is 6.20. The fourth-order valence-corrected chi connectivity index (χ4v) is 1.36. The molecule has 13 heavy (non-hydrogen) atoms. The van der Waals surface area contributed by atoms with Crippen molar-refractivity contribution in [2.45, 2.75) is 6.43 Å². The second-order valence-corrected chi connectivity index (χ2v) is 2.79. The minimum Gasteiger partial charge on any atom is -0.277 e. The number of nitrogens with one attached hydrogen (secondary N) is 1. The van der Waals surface area contributed by atoms with Crippen LogP contribution in [0.2, 0.25) is 5.15 Å². The van der Waals surface area contributed by atoms with Crippen molar-refractivity contribution < 1.29 is 8.78 Å². The van der Waals surface area contributed by atoms with Crippen molar-refractivity contribution in [3.8, 4) is 0 Å². The van der Waals surface area contributed by atoms with Crippen LogP contribution in [-0.2, 0) is 0 Å². The summed E-state index contributed by atoms with van der Waals surface area (Å²) in [5.74, 6) is 0. The standard InChI is InChI=1S/C7H4ClF2N3/c8-6-4-3(1-2-11-6)12-13-5(4)7(9)10/h1-2,7H,(H,12,13). The summed E-state index contributed by atoms with van der Waals surface area (Å²) >= 11 is 5.64. The van der Waals surface area contributed by atoms with E-state index in [-0.39, 0.29) is 16.2 Å². The molecule has 0 fully saturated rings. The van der Waals surface area contributed by atoms with Gasteiger partial charge in [0.1, 0.15) is 10.8 Å². The van der Waals surface area contributed by atoms with E-state index in [1.807, 2.05) is 0 Å². The molecule has 68 valence electrons. The third-order valence-corrected chi connectivity index (χ3v) is 1.95. The summed E-state index contributed by atoms with van der Waals surface area (Å²) in [5.41, 5.74) is 0.114. The first-order valence-electron chi connectivity index (χ1n) is 3.47. The summed E-state index contributed by atoms with van der Waals surface area (Å²) in [6.07, 6.45) is -1.21. The molecule has 0 aromatic carbocycles. The predicted octanol–water partition coefficient (Wildman–Crippen LogP) is 2.55. The molecule has 1 N–H and O–H groups in total. The van der Waals surface area contributed by atoms with Gasteiger partial charge in [-0.3, -0.25) is 5.10 Å². The number of fused-ring (bicyclic) bond motifs is 1. The zero-order valence-electron chi connectivity index (χ0n) is 6.26. The number of hydrogen-bond donors (Lipinski definition) is 1. The first kappa shape index (κ1) is 8.37. The van der Waals surface area contributed by atoms with Gasteiger partial charge in [0, 0.05) is 6.20 Å². The van der Waals surface area contributed by atoms with E-state index in [0.29, 0.717) is 5.52 Å². The molecule has 2 heterocycles. The van der Waals surface area contributed by atoms with E-state index in [9.17, 15) is 8.78 Å². The fraction of sp³-hybridized carbons (Fsp3) is 0.143. The Morgan fingerprint density at radius 3 is 2.92 bits per heavy atom. The Labute approximate surface area is 76.7 Å². The summed E-state index contributed by atoms with van der Waals surface area (Å²) in [6.45, 7) is 0. The minimum atomic E-state index is -2.64. The van der Waals surface area contributed by atoms with Crippen LogP contribution in [0.15, 0.2) is 12.3 Å². The van der Waals surface area contributed by atoms with E-state index in [0.717, 1.165) is 0 Å². The molecule has 3 nitrogen and oxygen atoms in total. The Morgan fingerprint density at radius 1 is 1.46 bits per heavy atom. The number of pyridine rings is 1. The number of rotatable bonds is 1. The highest BCUT2D eigenvalue weighted by atomic mass is 35.5. The Morgan fingerprint density at radius 2 is 2.23 bits per heavy atom. The average Bonchev–Trinajstić information content (AvgIpc) is 2.49. The Balaban J connectivity index is 2.79. The van der Waals surface area contributed by atoms with E-state index in [1.165, 1.54) is 6.20 Å². The van der Waals surface area contributed by atoms with Gasteiger partial charge in [0.15, 0.2) is 0 Å². The molecule has 0 radical (unpaired) electrons. The lowest BCUT2D eigenvalue weighted by molar-refractivity contribution is 0.147. The van der Waals surface area contributed by atoms with Gasteiger partial charge >= 0.3 is 0 Å². The van der Waals surface area contributed by atoms with Gasteiger partial charge in [0.2, 0.25) is 0 Å². The zero-order chi connectivity index (χ0) is 9.42. The lowest BCUT2D eigenvalue weighted by Crippen LogP contribution is -1.85. The molecule has 0 bridgehead atoms. The zero-order valence-corrected chi connectivity index (χ0v) is 7.02. The van der Waals surface area contributed by atoms with Crippen LogP contribution in [-0.4, -0.2) is 15.2 Å². The quantitative estimate of drug-likeness (QED) is 0.724. The monoisotopic (exact) mass is 203 g/mol. The molecule has 2 rings (SSSR count). The minimum absolute atomic E-state index is 0.0431. The van der Waals surface area contributed by atoms with Crippen molar-refractivity contribution in [1.29, 1.82) is 0 Å². The maximum absolute atomic E-state index is 12.3. The van der Waals surface area contributed by atoms with Crippen LogP contribution in [0.4, 0.5) is 8.78 Å². The molecule has 0 aliphatic heterocycles. The molecular formula is C7H4ClF2N3. The lowest BCUT2D eigenvalue weighted by Gasteiger charge is -1.95. The van der Waals surface area contributed by atoms with Crippen LogP contribution < -0.4 is 0 Å². The highest BCUT2D eigenvalue weighted by molar-refractivity contribution is 6.34. The summed E-state index contributed by atoms with van der Waals surface area (Å²) in [4.78, 5) is 3.69. The van der Waals surface area contributed by atoms with E-state index in [1.54, 1.807) is 6.07 Å². The molecule has 0 saturated heterocycles. The van der Waals surface area contributed by atoms with Crippen molar-refractivity contribution in [2.24, 2.45) is 0 Å². The summed E-state index contributed by atoms with van der Waals surface area (Å²) in [7, 11) is 0. The number of nitrogens with zero attached hydrogens (tertiary/aromatic N) is 2. The average molecular weight is 204 g/mol. The molecule has 6 heteroatoms. The van der Waals surface area contributed by atoms with E-state index >= 15 is 0 Å². The fourth-order valence-electron chi connectivity index (χ4n) is 1.11. The van der Waals surface area contributed by atoms with Crippen LogP contribution in [0.25, 0.3) is 10.9 Å². The Kier molecular flexibility index (Phi) is 1.88. The van der Waals surface area contributed by atoms with Crippen molar-refractivity contribution in [3.63, 3.8) is 0 Å².